The lowest BCUT2D eigenvalue weighted by Crippen LogP contribution is -2.64. The smallest absolute Gasteiger partial charge is 0.345 e. The monoisotopic (exact) mass is 382 g/mol. The molecule has 1 aliphatic heterocycles. The molecule has 28 heavy (non-hydrogen) atoms. The number of carbonyl (C=O) groups is 3. The maximum absolute atomic E-state index is 12.7. The molecule has 8 heteroatoms. The van der Waals surface area contributed by atoms with E-state index in [0.29, 0.717) is 23.8 Å². The van der Waals surface area contributed by atoms with Gasteiger partial charge in [0.05, 0.1) is 11.4 Å². The minimum Gasteiger partial charge on any atom is -0.365 e. The zero-order valence-electron chi connectivity index (χ0n) is 16.2. The topological polar surface area (TPSA) is 91.0 Å². The Labute approximate surface area is 163 Å². The number of nitrogens with zero attached hydrogens (tertiary/aromatic N) is 2. The summed E-state index contributed by atoms with van der Waals surface area (Å²) >= 11 is 0. The Morgan fingerprint density at radius 2 is 1.43 bits per heavy atom. The van der Waals surface area contributed by atoms with Gasteiger partial charge < -0.3 is 15.4 Å². The predicted molar refractivity (Wildman–Crippen MR) is 108 cm³/mol. The number of imide groups is 2. The van der Waals surface area contributed by atoms with Crippen LogP contribution in [-0.2, 0) is 9.53 Å². The van der Waals surface area contributed by atoms with Crippen LogP contribution in [0.5, 0.6) is 0 Å². The summed E-state index contributed by atoms with van der Waals surface area (Å²) in [7, 11) is 1.57. The van der Waals surface area contributed by atoms with Gasteiger partial charge in [-0.05, 0) is 49.2 Å². The molecule has 0 spiro atoms. The summed E-state index contributed by atoms with van der Waals surface area (Å²) < 4.78 is 5.01. The molecule has 0 aliphatic carbocycles. The second-order valence-corrected chi connectivity index (χ2v) is 6.53. The molecule has 0 aromatic heterocycles. The number of methoxy groups -OCH3 is 1. The van der Waals surface area contributed by atoms with E-state index in [1.807, 2.05) is 19.9 Å². The van der Waals surface area contributed by atoms with Gasteiger partial charge >= 0.3 is 12.1 Å². The minimum absolute atomic E-state index is 0.223. The van der Waals surface area contributed by atoms with Crippen molar-refractivity contribution in [3.05, 3.63) is 47.5 Å². The molecule has 1 aliphatic rings. The third kappa shape index (κ3) is 3.54. The number of amides is 5. The van der Waals surface area contributed by atoms with Crippen molar-refractivity contribution in [2.24, 2.45) is 0 Å². The molecule has 0 saturated carbocycles. The van der Waals surface area contributed by atoms with Gasteiger partial charge in [0, 0.05) is 25.4 Å². The SMILES string of the molecule is COCNc1cc(N2C(=O)N(c3ccc(C)c(NC(C)=O)c3)C2=O)ccc1C. The van der Waals surface area contributed by atoms with Gasteiger partial charge in [0.2, 0.25) is 5.91 Å². The van der Waals surface area contributed by atoms with Crippen LogP contribution in [0, 0.1) is 13.8 Å². The first kappa shape index (κ1) is 19.4. The van der Waals surface area contributed by atoms with Gasteiger partial charge in [0.1, 0.15) is 6.73 Å². The van der Waals surface area contributed by atoms with Crippen LogP contribution < -0.4 is 20.4 Å². The molecule has 5 amide bonds. The number of hydrogen-bond acceptors (Lipinski definition) is 5. The van der Waals surface area contributed by atoms with Crippen LogP contribution in [-0.4, -0.2) is 31.8 Å². The lowest BCUT2D eigenvalue weighted by atomic mass is 10.1. The molecule has 0 radical (unpaired) electrons. The van der Waals surface area contributed by atoms with Gasteiger partial charge in [-0.25, -0.2) is 19.4 Å². The van der Waals surface area contributed by atoms with Crippen LogP contribution >= 0.6 is 0 Å². The van der Waals surface area contributed by atoms with Gasteiger partial charge in [0.15, 0.2) is 0 Å². The van der Waals surface area contributed by atoms with E-state index in [9.17, 15) is 14.4 Å². The number of rotatable bonds is 6. The number of urea groups is 2. The number of nitrogens with one attached hydrogen (secondary N) is 2. The maximum Gasteiger partial charge on any atom is 0.345 e. The molecule has 1 saturated heterocycles. The van der Waals surface area contributed by atoms with Gasteiger partial charge in [-0.3, -0.25) is 4.79 Å². The van der Waals surface area contributed by atoms with Crippen molar-refractivity contribution < 1.29 is 19.1 Å². The molecule has 1 heterocycles. The quantitative estimate of drug-likeness (QED) is 0.741. The highest BCUT2D eigenvalue weighted by atomic mass is 16.5. The van der Waals surface area contributed by atoms with Crippen LogP contribution in [0.2, 0.25) is 0 Å². The van der Waals surface area contributed by atoms with Crippen molar-refractivity contribution in [1.82, 2.24) is 0 Å². The Morgan fingerprint density at radius 1 is 0.929 bits per heavy atom. The Bertz CT molecular complexity index is 941. The zero-order chi connectivity index (χ0) is 20.4. The first-order valence-electron chi connectivity index (χ1n) is 8.73. The van der Waals surface area contributed by atoms with E-state index in [1.54, 1.807) is 37.4 Å². The number of benzene rings is 2. The minimum atomic E-state index is -0.454. The fourth-order valence-electron chi connectivity index (χ4n) is 2.92. The van der Waals surface area contributed by atoms with Crippen LogP contribution in [0.15, 0.2) is 36.4 Å². The molecule has 1 fully saturated rings. The summed E-state index contributed by atoms with van der Waals surface area (Å²) in [5, 5.41) is 5.79. The van der Waals surface area contributed by atoms with Crippen LogP contribution in [0.1, 0.15) is 18.1 Å². The van der Waals surface area contributed by atoms with Crippen LogP contribution in [0.3, 0.4) is 0 Å². The normalized spacial score (nSPS) is 13.4. The first-order valence-corrected chi connectivity index (χ1v) is 8.73. The van der Waals surface area contributed by atoms with Crippen LogP contribution in [0.4, 0.5) is 32.3 Å². The van der Waals surface area contributed by atoms with E-state index in [0.717, 1.165) is 26.6 Å². The summed E-state index contributed by atoms with van der Waals surface area (Å²) in [5.41, 5.74) is 4.03. The largest absolute Gasteiger partial charge is 0.365 e. The van der Waals surface area contributed by atoms with Crippen LogP contribution in [0.25, 0.3) is 0 Å². The van der Waals surface area contributed by atoms with Crippen molar-refractivity contribution in [2.45, 2.75) is 20.8 Å². The molecule has 146 valence electrons. The highest BCUT2D eigenvalue weighted by Crippen LogP contribution is 2.34. The molecule has 3 rings (SSSR count). The van der Waals surface area contributed by atoms with Crippen molar-refractivity contribution in [2.75, 3.05) is 34.3 Å². The third-order valence-corrected chi connectivity index (χ3v) is 4.44. The number of anilines is 4. The summed E-state index contributed by atoms with van der Waals surface area (Å²) in [6.45, 7) is 5.47. The zero-order valence-corrected chi connectivity index (χ0v) is 16.2. The summed E-state index contributed by atoms with van der Waals surface area (Å²) in [6, 6.07) is 9.42. The lowest BCUT2D eigenvalue weighted by molar-refractivity contribution is -0.114. The Balaban J connectivity index is 1.85. The number of hydrogen-bond donors (Lipinski definition) is 2. The number of carbonyl (C=O) groups excluding carboxylic acids is 3. The molecule has 0 bridgehead atoms. The Kier molecular flexibility index (Phi) is 5.32. The molecule has 2 aromatic rings. The van der Waals surface area contributed by atoms with E-state index in [2.05, 4.69) is 10.6 Å². The van der Waals surface area contributed by atoms with Crippen molar-refractivity contribution in [3.8, 4) is 0 Å². The summed E-state index contributed by atoms with van der Waals surface area (Å²) in [6.07, 6.45) is 0. The second-order valence-electron chi connectivity index (χ2n) is 6.53. The molecule has 8 nitrogen and oxygen atoms in total. The molecular formula is C20H22N4O4. The van der Waals surface area contributed by atoms with Crippen molar-refractivity contribution in [1.29, 1.82) is 0 Å². The molecular weight excluding hydrogens is 360 g/mol. The van der Waals surface area contributed by atoms with Gasteiger partial charge in [-0.2, -0.15) is 0 Å². The second kappa shape index (κ2) is 7.69. The third-order valence-electron chi connectivity index (χ3n) is 4.44. The predicted octanol–water partition coefficient (Wildman–Crippen LogP) is 3.84. The van der Waals surface area contributed by atoms with E-state index in [1.165, 1.54) is 6.92 Å². The molecule has 0 unspecified atom stereocenters. The van der Waals surface area contributed by atoms with Crippen molar-refractivity contribution in [3.63, 3.8) is 0 Å². The number of aryl methyl sites for hydroxylation is 2. The average molecular weight is 382 g/mol. The Morgan fingerprint density at radius 3 is 1.93 bits per heavy atom. The molecule has 0 atom stereocenters. The highest BCUT2D eigenvalue weighted by molar-refractivity contribution is 6.41. The Hall–Kier alpha value is -3.39. The van der Waals surface area contributed by atoms with Gasteiger partial charge in [-0.15, -0.1) is 0 Å². The van der Waals surface area contributed by atoms with Gasteiger partial charge in [-0.1, -0.05) is 12.1 Å². The van der Waals surface area contributed by atoms with Crippen molar-refractivity contribution >= 4 is 40.7 Å². The fraction of sp³-hybridized carbons (Fsp3) is 0.250. The first-order chi connectivity index (χ1) is 13.3. The lowest BCUT2D eigenvalue weighted by Gasteiger charge is -2.39. The standard InChI is InChI=1S/C20H22N4O4/c1-12-5-7-15(9-17(12)21-11-28-4)23-19(26)24(20(23)27)16-8-6-13(2)18(10-16)22-14(3)25/h5-10,21H,11H2,1-4H3,(H,22,25). The summed E-state index contributed by atoms with van der Waals surface area (Å²) in [5.74, 6) is -0.223. The van der Waals surface area contributed by atoms with E-state index in [4.69, 9.17) is 4.74 Å². The number of ether oxygens (including phenoxy) is 1. The van der Waals surface area contributed by atoms with Gasteiger partial charge in [0.25, 0.3) is 0 Å². The maximum atomic E-state index is 12.7. The molecule has 2 N–H and O–H groups in total. The van der Waals surface area contributed by atoms with E-state index < -0.39 is 12.1 Å². The van der Waals surface area contributed by atoms with E-state index >= 15 is 0 Å². The highest BCUT2D eigenvalue weighted by Gasteiger charge is 2.46. The average Bonchev–Trinajstić information content (AvgIpc) is 2.64. The fourth-order valence-corrected chi connectivity index (χ4v) is 2.92. The summed E-state index contributed by atoms with van der Waals surface area (Å²) in [4.78, 5) is 38.9. The van der Waals surface area contributed by atoms with E-state index in [-0.39, 0.29) is 5.91 Å². The molecule has 2 aromatic carbocycles.